The molecule has 35 heavy (non-hydrogen) atoms. The minimum Gasteiger partial charge on any atom is -0.493 e. The number of amides is 3. The standard InChI is InChI=1S/C25H27BrN4O5/c1-4-28-11-12-29(25(33)24(28)32)15-23(31)30-20(17-7-10-21(34-2)22(13-17)35-3)14-19(27-30)16-5-8-18(26)9-6-16/h5-10,13,20H,4,11-12,14-15H2,1-3H3/t20-/m0/s1. The van der Waals surface area contributed by atoms with Crippen LogP contribution < -0.4 is 9.47 Å². The highest BCUT2D eigenvalue weighted by Gasteiger charge is 2.37. The number of rotatable bonds is 7. The molecule has 2 aromatic carbocycles. The van der Waals surface area contributed by atoms with Crippen LogP contribution >= 0.6 is 15.9 Å². The summed E-state index contributed by atoms with van der Waals surface area (Å²) in [5.41, 5.74) is 2.48. The molecule has 0 N–H and O–H groups in total. The van der Waals surface area contributed by atoms with Gasteiger partial charge in [0.15, 0.2) is 11.5 Å². The zero-order chi connectivity index (χ0) is 25.1. The number of hydrogen-bond donors (Lipinski definition) is 0. The number of piperazine rings is 1. The van der Waals surface area contributed by atoms with Crippen molar-refractivity contribution >= 4 is 39.4 Å². The highest BCUT2D eigenvalue weighted by atomic mass is 79.9. The summed E-state index contributed by atoms with van der Waals surface area (Å²) >= 11 is 3.44. The first kappa shape index (κ1) is 24.7. The maximum atomic E-state index is 13.4. The molecule has 2 aliphatic heterocycles. The molecule has 0 saturated carbocycles. The summed E-state index contributed by atoms with van der Waals surface area (Å²) < 4.78 is 11.8. The number of halogens is 1. The van der Waals surface area contributed by atoms with Crippen molar-refractivity contribution in [3.8, 4) is 11.5 Å². The predicted octanol–water partition coefficient (Wildman–Crippen LogP) is 2.83. The van der Waals surface area contributed by atoms with E-state index >= 15 is 0 Å². The second kappa shape index (κ2) is 10.5. The van der Waals surface area contributed by atoms with Gasteiger partial charge in [0, 0.05) is 30.5 Å². The normalized spacial score (nSPS) is 18.1. The number of hydrazone groups is 1. The molecule has 2 aromatic rings. The van der Waals surface area contributed by atoms with Crippen LogP contribution in [0.15, 0.2) is 52.0 Å². The summed E-state index contributed by atoms with van der Waals surface area (Å²) in [4.78, 5) is 41.1. The second-order valence-electron chi connectivity index (χ2n) is 8.24. The van der Waals surface area contributed by atoms with Crippen LogP contribution in [0.4, 0.5) is 0 Å². The molecule has 4 rings (SSSR count). The van der Waals surface area contributed by atoms with Crippen LogP contribution in [-0.2, 0) is 14.4 Å². The third-order valence-corrected chi connectivity index (χ3v) is 6.77. The second-order valence-corrected chi connectivity index (χ2v) is 9.15. The number of likely N-dealkylation sites (N-methyl/N-ethyl adjacent to an activating group) is 1. The lowest BCUT2D eigenvalue weighted by atomic mass is 9.98. The van der Waals surface area contributed by atoms with E-state index in [0.717, 1.165) is 21.3 Å². The molecule has 2 heterocycles. The van der Waals surface area contributed by atoms with Crippen LogP contribution in [0.2, 0.25) is 0 Å². The van der Waals surface area contributed by atoms with Gasteiger partial charge in [0.05, 0.1) is 26.0 Å². The average molecular weight is 543 g/mol. The molecule has 3 amide bonds. The Balaban J connectivity index is 1.63. The summed E-state index contributed by atoms with van der Waals surface area (Å²) in [5, 5.41) is 6.08. The molecule has 0 spiro atoms. The molecule has 0 unspecified atom stereocenters. The summed E-state index contributed by atoms with van der Waals surface area (Å²) in [6.07, 6.45) is 0.485. The zero-order valence-corrected chi connectivity index (χ0v) is 21.4. The van der Waals surface area contributed by atoms with Crippen molar-refractivity contribution in [1.82, 2.24) is 14.8 Å². The minimum absolute atomic E-state index is 0.219. The van der Waals surface area contributed by atoms with Crippen LogP contribution in [0.1, 0.15) is 30.5 Å². The fourth-order valence-electron chi connectivity index (χ4n) is 4.28. The fourth-order valence-corrected chi connectivity index (χ4v) is 4.54. The van der Waals surface area contributed by atoms with Crippen LogP contribution in [0.3, 0.4) is 0 Å². The topological polar surface area (TPSA) is 91.8 Å². The van der Waals surface area contributed by atoms with Crippen molar-refractivity contribution in [3.05, 3.63) is 58.1 Å². The van der Waals surface area contributed by atoms with Crippen molar-refractivity contribution in [3.63, 3.8) is 0 Å². The van der Waals surface area contributed by atoms with Crippen molar-refractivity contribution in [2.24, 2.45) is 5.10 Å². The van der Waals surface area contributed by atoms with Gasteiger partial charge < -0.3 is 19.3 Å². The maximum absolute atomic E-state index is 13.4. The molecule has 0 aliphatic carbocycles. The predicted molar refractivity (Wildman–Crippen MR) is 133 cm³/mol. The van der Waals surface area contributed by atoms with E-state index in [9.17, 15) is 14.4 Å². The molecule has 1 fully saturated rings. The van der Waals surface area contributed by atoms with E-state index in [0.29, 0.717) is 37.6 Å². The van der Waals surface area contributed by atoms with Gasteiger partial charge in [-0.2, -0.15) is 5.10 Å². The molecule has 0 bridgehead atoms. The molecule has 10 heteroatoms. The van der Waals surface area contributed by atoms with Gasteiger partial charge >= 0.3 is 11.8 Å². The number of carbonyl (C=O) groups excluding carboxylic acids is 3. The van der Waals surface area contributed by atoms with E-state index in [1.807, 2.05) is 43.3 Å². The van der Waals surface area contributed by atoms with Crippen LogP contribution in [0, 0.1) is 0 Å². The summed E-state index contributed by atoms with van der Waals surface area (Å²) in [7, 11) is 3.12. The zero-order valence-electron chi connectivity index (χ0n) is 19.9. The molecule has 2 aliphatic rings. The van der Waals surface area contributed by atoms with E-state index in [4.69, 9.17) is 9.47 Å². The van der Waals surface area contributed by atoms with Crippen molar-refractivity contribution in [2.75, 3.05) is 40.4 Å². The first-order valence-corrected chi connectivity index (χ1v) is 12.1. The van der Waals surface area contributed by atoms with Gasteiger partial charge in [-0.15, -0.1) is 0 Å². The number of benzene rings is 2. The van der Waals surface area contributed by atoms with Gasteiger partial charge in [-0.1, -0.05) is 34.1 Å². The van der Waals surface area contributed by atoms with Gasteiger partial charge in [0.25, 0.3) is 5.91 Å². The molecule has 1 saturated heterocycles. The lowest BCUT2D eigenvalue weighted by Gasteiger charge is -2.33. The largest absolute Gasteiger partial charge is 0.493 e. The number of nitrogens with zero attached hydrogens (tertiary/aromatic N) is 4. The Labute approximate surface area is 212 Å². The Morgan fingerprint density at radius 3 is 2.31 bits per heavy atom. The quantitative estimate of drug-likeness (QED) is 0.501. The van der Waals surface area contributed by atoms with Crippen LogP contribution in [0.25, 0.3) is 0 Å². The van der Waals surface area contributed by atoms with Gasteiger partial charge in [0.2, 0.25) is 0 Å². The third-order valence-electron chi connectivity index (χ3n) is 6.24. The van der Waals surface area contributed by atoms with Crippen molar-refractivity contribution < 1.29 is 23.9 Å². The SMILES string of the molecule is CCN1CCN(CC(=O)N2N=C(c3ccc(Br)cc3)C[C@H]2c2ccc(OC)c(OC)c2)C(=O)C1=O. The molecule has 9 nitrogen and oxygen atoms in total. The Morgan fingerprint density at radius 1 is 1.00 bits per heavy atom. The Bertz CT molecular complexity index is 1170. The smallest absolute Gasteiger partial charge is 0.312 e. The van der Waals surface area contributed by atoms with E-state index in [2.05, 4.69) is 21.0 Å². The fraction of sp³-hybridized carbons (Fsp3) is 0.360. The summed E-state index contributed by atoms with van der Waals surface area (Å²) in [6.45, 7) is 2.77. The minimum atomic E-state index is -0.662. The van der Waals surface area contributed by atoms with Crippen LogP contribution in [0.5, 0.6) is 11.5 Å². The monoisotopic (exact) mass is 542 g/mol. The number of methoxy groups -OCH3 is 2. The van der Waals surface area contributed by atoms with E-state index in [-0.39, 0.29) is 12.5 Å². The Hall–Kier alpha value is -3.40. The molecule has 0 radical (unpaired) electrons. The third kappa shape index (κ3) is 5.02. The number of ether oxygens (including phenoxy) is 2. The van der Waals surface area contributed by atoms with Gasteiger partial charge in [-0.25, -0.2) is 5.01 Å². The molecule has 184 valence electrons. The number of hydrogen-bond acceptors (Lipinski definition) is 6. The Kier molecular flexibility index (Phi) is 7.39. The highest BCUT2D eigenvalue weighted by Crippen LogP contribution is 2.37. The lowest BCUT2D eigenvalue weighted by Crippen LogP contribution is -2.56. The van der Waals surface area contributed by atoms with Gasteiger partial charge in [-0.3, -0.25) is 14.4 Å². The van der Waals surface area contributed by atoms with E-state index in [1.54, 1.807) is 20.3 Å². The summed E-state index contributed by atoms with van der Waals surface area (Å²) in [5.74, 6) is -0.470. The molecular weight excluding hydrogens is 516 g/mol. The van der Waals surface area contributed by atoms with E-state index in [1.165, 1.54) is 14.8 Å². The lowest BCUT2D eigenvalue weighted by molar-refractivity contribution is -0.157. The Morgan fingerprint density at radius 2 is 1.66 bits per heavy atom. The summed E-state index contributed by atoms with van der Waals surface area (Å²) in [6, 6.07) is 12.8. The highest BCUT2D eigenvalue weighted by molar-refractivity contribution is 9.10. The van der Waals surface area contributed by atoms with Crippen molar-refractivity contribution in [2.45, 2.75) is 19.4 Å². The average Bonchev–Trinajstić information content (AvgIpc) is 3.32. The molecular formula is C25H27BrN4O5. The first-order chi connectivity index (χ1) is 16.9. The van der Waals surface area contributed by atoms with Gasteiger partial charge in [-0.05, 0) is 42.3 Å². The van der Waals surface area contributed by atoms with Gasteiger partial charge in [0.1, 0.15) is 6.54 Å². The van der Waals surface area contributed by atoms with Crippen molar-refractivity contribution in [1.29, 1.82) is 0 Å². The number of carbonyl (C=O) groups is 3. The molecule has 1 atom stereocenters. The van der Waals surface area contributed by atoms with Crippen LogP contribution in [-0.4, -0.2) is 78.6 Å². The van der Waals surface area contributed by atoms with E-state index < -0.39 is 17.9 Å². The maximum Gasteiger partial charge on any atom is 0.312 e. The molecule has 0 aromatic heterocycles. The first-order valence-electron chi connectivity index (χ1n) is 11.3.